The molecule has 1 aliphatic heterocycles. The van der Waals surface area contributed by atoms with Crippen molar-refractivity contribution in [2.75, 3.05) is 23.3 Å². The summed E-state index contributed by atoms with van der Waals surface area (Å²) in [5, 5.41) is 6.51. The Morgan fingerprint density at radius 2 is 2.00 bits per heavy atom. The normalized spacial score (nSPS) is 13.9. The summed E-state index contributed by atoms with van der Waals surface area (Å²) < 4.78 is 5.04. The number of carbonyl (C=O) groups is 1. The molecule has 0 unspecified atom stereocenters. The molecule has 1 aromatic heterocycles. The van der Waals surface area contributed by atoms with Crippen molar-refractivity contribution in [2.45, 2.75) is 12.8 Å². The van der Waals surface area contributed by atoms with Gasteiger partial charge in [-0.25, -0.2) is 0 Å². The molecule has 2 aromatic rings. The van der Waals surface area contributed by atoms with Crippen LogP contribution in [-0.4, -0.2) is 24.1 Å². The number of carbonyl (C=O) groups excluding carboxylic acids is 1. The van der Waals surface area contributed by atoms with Crippen LogP contribution in [0.1, 0.15) is 23.4 Å². The Morgan fingerprint density at radius 1 is 1.22 bits per heavy atom. The minimum atomic E-state index is -0.391. The zero-order valence-corrected chi connectivity index (χ0v) is 13.9. The van der Waals surface area contributed by atoms with Crippen molar-refractivity contribution in [3.05, 3.63) is 47.4 Å². The van der Waals surface area contributed by atoms with Crippen molar-refractivity contribution in [2.24, 2.45) is 0 Å². The van der Waals surface area contributed by atoms with Crippen LogP contribution in [0.15, 0.2) is 41.0 Å². The highest BCUT2D eigenvalue weighted by Gasteiger charge is 2.19. The number of furan rings is 1. The van der Waals surface area contributed by atoms with E-state index in [-0.39, 0.29) is 10.9 Å². The van der Waals surface area contributed by atoms with Gasteiger partial charge in [0.2, 0.25) is 0 Å². The second-order valence-corrected chi connectivity index (χ2v) is 6.03. The number of nitrogens with zero attached hydrogens (tertiary/aromatic N) is 1. The van der Waals surface area contributed by atoms with Gasteiger partial charge < -0.3 is 14.6 Å². The molecular weight excluding hydrogens is 334 g/mol. The van der Waals surface area contributed by atoms with Crippen molar-refractivity contribution in [1.82, 2.24) is 5.32 Å². The standard InChI is InChI=1S/C16H16ClN3O2S/c17-11-5-3-6-12(14(11)20-8-1-2-9-20)18-16(23)19-15(21)13-7-4-10-22-13/h3-7,10H,1-2,8-9H2,(H2,18,19,21,23). The van der Waals surface area contributed by atoms with Crippen LogP contribution in [0.3, 0.4) is 0 Å². The van der Waals surface area contributed by atoms with Crippen molar-refractivity contribution >= 4 is 46.2 Å². The van der Waals surface area contributed by atoms with Gasteiger partial charge in [-0.05, 0) is 49.3 Å². The van der Waals surface area contributed by atoms with Gasteiger partial charge in [0.1, 0.15) is 0 Å². The van der Waals surface area contributed by atoms with Crippen molar-refractivity contribution in [3.8, 4) is 0 Å². The molecule has 1 saturated heterocycles. The largest absolute Gasteiger partial charge is 0.459 e. The quantitative estimate of drug-likeness (QED) is 0.828. The van der Waals surface area contributed by atoms with E-state index in [2.05, 4.69) is 15.5 Å². The number of amides is 1. The molecule has 1 fully saturated rings. The third-order valence-corrected chi connectivity index (χ3v) is 4.14. The first-order valence-corrected chi connectivity index (χ1v) is 8.13. The molecule has 0 aliphatic carbocycles. The van der Waals surface area contributed by atoms with Crippen LogP contribution in [0.4, 0.5) is 11.4 Å². The van der Waals surface area contributed by atoms with Crippen LogP contribution in [0.5, 0.6) is 0 Å². The number of halogens is 1. The lowest BCUT2D eigenvalue weighted by Crippen LogP contribution is -2.34. The van der Waals surface area contributed by atoms with E-state index in [1.807, 2.05) is 18.2 Å². The number of hydrogen-bond donors (Lipinski definition) is 2. The van der Waals surface area contributed by atoms with Crippen molar-refractivity contribution < 1.29 is 9.21 Å². The van der Waals surface area contributed by atoms with Crippen LogP contribution in [0.2, 0.25) is 5.02 Å². The molecule has 0 saturated carbocycles. The summed E-state index contributed by atoms with van der Waals surface area (Å²) in [4.78, 5) is 14.2. The minimum absolute atomic E-state index is 0.203. The lowest BCUT2D eigenvalue weighted by molar-refractivity contribution is 0.0950. The van der Waals surface area contributed by atoms with E-state index in [0.717, 1.165) is 37.3 Å². The van der Waals surface area contributed by atoms with E-state index in [0.29, 0.717) is 5.02 Å². The SMILES string of the molecule is O=C(NC(=S)Nc1cccc(Cl)c1N1CCCC1)c1ccco1. The Bertz CT molecular complexity index is 712. The second kappa shape index (κ2) is 7.02. The molecule has 3 rings (SSSR count). The first-order chi connectivity index (χ1) is 11.1. The highest BCUT2D eigenvalue weighted by Crippen LogP contribution is 2.35. The van der Waals surface area contributed by atoms with E-state index < -0.39 is 5.91 Å². The average molecular weight is 350 g/mol. The molecule has 1 aliphatic rings. The number of benzene rings is 1. The Morgan fingerprint density at radius 3 is 2.70 bits per heavy atom. The van der Waals surface area contributed by atoms with Gasteiger partial charge in [0, 0.05) is 13.1 Å². The fourth-order valence-corrected chi connectivity index (χ4v) is 3.10. The highest BCUT2D eigenvalue weighted by molar-refractivity contribution is 7.80. The summed E-state index contributed by atoms with van der Waals surface area (Å²) in [6, 6.07) is 8.82. The van der Waals surface area contributed by atoms with Gasteiger partial charge in [0.15, 0.2) is 10.9 Å². The number of nitrogens with one attached hydrogen (secondary N) is 2. The summed E-state index contributed by atoms with van der Waals surface area (Å²) >= 11 is 11.6. The molecule has 0 bridgehead atoms. The molecule has 120 valence electrons. The van der Waals surface area contributed by atoms with Crippen LogP contribution in [0.25, 0.3) is 0 Å². The number of hydrogen-bond acceptors (Lipinski definition) is 4. The van der Waals surface area contributed by atoms with Gasteiger partial charge in [-0.15, -0.1) is 0 Å². The molecule has 2 heterocycles. The molecule has 23 heavy (non-hydrogen) atoms. The third kappa shape index (κ3) is 3.65. The molecule has 5 nitrogen and oxygen atoms in total. The van der Waals surface area contributed by atoms with Gasteiger partial charge in [-0.1, -0.05) is 17.7 Å². The Hall–Kier alpha value is -2.05. The first-order valence-electron chi connectivity index (χ1n) is 7.34. The maximum atomic E-state index is 11.9. The van der Waals surface area contributed by atoms with E-state index in [1.165, 1.54) is 6.26 Å². The molecule has 7 heteroatoms. The minimum Gasteiger partial charge on any atom is -0.459 e. The van der Waals surface area contributed by atoms with E-state index in [4.69, 9.17) is 28.2 Å². The van der Waals surface area contributed by atoms with Gasteiger partial charge in [0.05, 0.1) is 22.7 Å². The van der Waals surface area contributed by atoms with E-state index in [9.17, 15) is 4.79 Å². The number of rotatable bonds is 3. The van der Waals surface area contributed by atoms with Crippen LogP contribution in [0, 0.1) is 0 Å². The van der Waals surface area contributed by atoms with Gasteiger partial charge in [0.25, 0.3) is 5.91 Å². The topological polar surface area (TPSA) is 57.5 Å². The van der Waals surface area contributed by atoms with Crippen LogP contribution in [-0.2, 0) is 0 Å². The molecule has 1 aromatic carbocycles. The van der Waals surface area contributed by atoms with Crippen molar-refractivity contribution in [1.29, 1.82) is 0 Å². The molecular formula is C16H16ClN3O2S. The zero-order chi connectivity index (χ0) is 16.2. The lowest BCUT2D eigenvalue weighted by Gasteiger charge is -2.23. The van der Waals surface area contributed by atoms with Gasteiger partial charge >= 0.3 is 0 Å². The number of thiocarbonyl (C=S) groups is 1. The lowest BCUT2D eigenvalue weighted by atomic mass is 10.2. The Kier molecular flexibility index (Phi) is 4.83. The highest BCUT2D eigenvalue weighted by atomic mass is 35.5. The van der Waals surface area contributed by atoms with Crippen LogP contribution < -0.4 is 15.5 Å². The second-order valence-electron chi connectivity index (χ2n) is 5.22. The zero-order valence-electron chi connectivity index (χ0n) is 12.3. The average Bonchev–Trinajstić information content (AvgIpc) is 3.21. The molecule has 0 radical (unpaired) electrons. The Balaban J connectivity index is 1.73. The monoisotopic (exact) mass is 349 g/mol. The predicted octanol–water partition coefficient (Wildman–Crippen LogP) is 3.66. The van der Waals surface area contributed by atoms with Crippen LogP contribution >= 0.6 is 23.8 Å². The van der Waals surface area contributed by atoms with Gasteiger partial charge in [-0.2, -0.15) is 0 Å². The van der Waals surface area contributed by atoms with E-state index >= 15 is 0 Å². The van der Waals surface area contributed by atoms with Crippen molar-refractivity contribution in [3.63, 3.8) is 0 Å². The summed E-state index contributed by atoms with van der Waals surface area (Å²) in [7, 11) is 0. The van der Waals surface area contributed by atoms with Gasteiger partial charge in [-0.3, -0.25) is 10.1 Å². The summed E-state index contributed by atoms with van der Waals surface area (Å²) in [5.41, 5.74) is 1.70. The third-order valence-electron chi connectivity index (χ3n) is 3.63. The molecule has 0 spiro atoms. The molecule has 1 amide bonds. The summed E-state index contributed by atoms with van der Waals surface area (Å²) in [6.45, 7) is 1.92. The maximum Gasteiger partial charge on any atom is 0.293 e. The Labute approximate surface area is 144 Å². The molecule has 2 N–H and O–H groups in total. The number of anilines is 2. The van der Waals surface area contributed by atoms with E-state index in [1.54, 1.807) is 12.1 Å². The first kappa shape index (κ1) is 15.8. The summed E-state index contributed by atoms with van der Waals surface area (Å²) in [5.74, 6) is -0.183. The fraction of sp³-hybridized carbons (Fsp3) is 0.250. The smallest absolute Gasteiger partial charge is 0.293 e. The predicted molar refractivity (Wildman–Crippen MR) is 95.3 cm³/mol. The number of para-hydroxylation sites is 1. The summed E-state index contributed by atoms with van der Waals surface area (Å²) in [6.07, 6.45) is 3.72. The maximum absolute atomic E-state index is 11.9. The molecule has 0 atom stereocenters. The fourth-order valence-electron chi connectivity index (χ4n) is 2.60.